The van der Waals surface area contributed by atoms with Gasteiger partial charge < -0.3 is 10.0 Å². The highest BCUT2D eigenvalue weighted by Gasteiger charge is 2.46. The lowest BCUT2D eigenvalue weighted by molar-refractivity contribution is -0.134. The SMILES string of the molecule is O=C(O)c1cnn(C2CCN(C(=O)C3CC3c3ccc(F)c(F)c3)CC2)c1. The van der Waals surface area contributed by atoms with Crippen LogP contribution in [0.4, 0.5) is 8.78 Å². The van der Waals surface area contributed by atoms with E-state index in [1.165, 1.54) is 18.5 Å². The Morgan fingerprint density at radius 1 is 1.15 bits per heavy atom. The summed E-state index contributed by atoms with van der Waals surface area (Å²) in [5, 5.41) is 13.1. The van der Waals surface area contributed by atoms with E-state index in [2.05, 4.69) is 5.10 Å². The average molecular weight is 375 g/mol. The number of aromatic carboxylic acids is 1. The molecule has 2 aliphatic rings. The van der Waals surface area contributed by atoms with Crippen LogP contribution < -0.4 is 0 Å². The minimum atomic E-state index is -1.01. The van der Waals surface area contributed by atoms with Gasteiger partial charge in [0.2, 0.25) is 5.91 Å². The van der Waals surface area contributed by atoms with E-state index in [0.717, 1.165) is 6.07 Å². The van der Waals surface area contributed by atoms with Gasteiger partial charge in [-0.25, -0.2) is 13.6 Å². The minimum Gasteiger partial charge on any atom is -0.478 e. The number of hydrogen-bond donors (Lipinski definition) is 1. The van der Waals surface area contributed by atoms with Crippen molar-refractivity contribution in [1.29, 1.82) is 0 Å². The Bertz CT molecular complexity index is 890. The standard InChI is InChI=1S/C19H19F2N3O3/c20-16-2-1-11(7-17(16)21)14-8-15(14)18(25)23-5-3-13(4-6-23)24-10-12(9-22-24)19(26)27/h1-2,7,9-10,13-15H,3-6,8H2,(H,26,27). The number of nitrogens with zero attached hydrogens (tertiary/aromatic N) is 3. The Balaban J connectivity index is 1.34. The van der Waals surface area contributed by atoms with E-state index >= 15 is 0 Å². The number of carbonyl (C=O) groups excluding carboxylic acids is 1. The van der Waals surface area contributed by atoms with Gasteiger partial charge in [-0.2, -0.15) is 5.10 Å². The maximum atomic E-state index is 13.4. The Labute approximate surface area is 154 Å². The lowest BCUT2D eigenvalue weighted by Gasteiger charge is -2.32. The van der Waals surface area contributed by atoms with Crippen LogP contribution in [0.2, 0.25) is 0 Å². The Morgan fingerprint density at radius 3 is 2.52 bits per heavy atom. The summed E-state index contributed by atoms with van der Waals surface area (Å²) in [5.41, 5.74) is 0.820. The van der Waals surface area contributed by atoms with Gasteiger partial charge in [0.05, 0.1) is 17.8 Å². The zero-order chi connectivity index (χ0) is 19.1. The molecule has 1 saturated heterocycles. The van der Waals surface area contributed by atoms with Crippen LogP contribution in [0.25, 0.3) is 0 Å². The van der Waals surface area contributed by atoms with Crippen molar-refractivity contribution in [2.45, 2.75) is 31.2 Å². The van der Waals surface area contributed by atoms with E-state index < -0.39 is 17.6 Å². The first-order chi connectivity index (χ1) is 12.9. The van der Waals surface area contributed by atoms with Crippen molar-refractivity contribution in [2.24, 2.45) is 5.92 Å². The minimum absolute atomic E-state index is 0.0467. The van der Waals surface area contributed by atoms with E-state index in [1.807, 2.05) is 4.90 Å². The highest BCUT2D eigenvalue weighted by atomic mass is 19.2. The largest absolute Gasteiger partial charge is 0.478 e. The van der Waals surface area contributed by atoms with Crippen molar-refractivity contribution in [1.82, 2.24) is 14.7 Å². The number of hydrogen-bond acceptors (Lipinski definition) is 3. The molecule has 2 fully saturated rings. The fraction of sp³-hybridized carbons (Fsp3) is 0.421. The number of carbonyl (C=O) groups is 2. The number of amides is 1. The van der Waals surface area contributed by atoms with E-state index in [0.29, 0.717) is 37.9 Å². The third kappa shape index (κ3) is 3.43. The summed E-state index contributed by atoms with van der Waals surface area (Å²) in [5.74, 6) is -2.94. The molecule has 1 aliphatic heterocycles. The fourth-order valence-electron chi connectivity index (χ4n) is 3.81. The van der Waals surface area contributed by atoms with Crippen molar-refractivity contribution < 1.29 is 23.5 Å². The molecule has 1 aromatic carbocycles. The van der Waals surface area contributed by atoms with E-state index in [4.69, 9.17) is 5.11 Å². The van der Waals surface area contributed by atoms with Crippen LogP contribution in [-0.2, 0) is 4.79 Å². The smallest absolute Gasteiger partial charge is 0.338 e. The number of benzene rings is 1. The molecular weight excluding hydrogens is 356 g/mol. The van der Waals surface area contributed by atoms with Crippen molar-refractivity contribution in [3.63, 3.8) is 0 Å². The molecule has 2 unspecified atom stereocenters. The van der Waals surface area contributed by atoms with Gasteiger partial charge >= 0.3 is 5.97 Å². The van der Waals surface area contributed by atoms with Crippen molar-refractivity contribution in [3.8, 4) is 0 Å². The summed E-state index contributed by atoms with van der Waals surface area (Å²) in [6.07, 6.45) is 4.91. The number of halogens is 2. The van der Waals surface area contributed by atoms with Crippen molar-refractivity contribution in [2.75, 3.05) is 13.1 Å². The number of carboxylic acids is 1. The summed E-state index contributed by atoms with van der Waals surface area (Å²) in [6.45, 7) is 1.15. The molecule has 2 heterocycles. The molecule has 1 aromatic heterocycles. The quantitative estimate of drug-likeness (QED) is 0.892. The third-order valence-electron chi connectivity index (χ3n) is 5.48. The number of piperidine rings is 1. The van der Waals surface area contributed by atoms with Crippen molar-refractivity contribution in [3.05, 3.63) is 53.4 Å². The summed E-state index contributed by atoms with van der Waals surface area (Å²) < 4.78 is 28.1. The molecule has 1 aliphatic carbocycles. The molecule has 1 amide bonds. The Hall–Kier alpha value is -2.77. The Kier molecular flexibility index (Phi) is 4.41. The van der Waals surface area contributed by atoms with Crippen LogP contribution in [0.15, 0.2) is 30.6 Å². The van der Waals surface area contributed by atoms with Crippen LogP contribution in [-0.4, -0.2) is 44.8 Å². The second kappa shape index (κ2) is 6.75. The molecule has 2 aromatic rings. The monoisotopic (exact) mass is 375 g/mol. The molecule has 0 bridgehead atoms. The normalized spacial score (nSPS) is 22.7. The summed E-state index contributed by atoms with van der Waals surface area (Å²) in [6, 6.07) is 3.90. The topological polar surface area (TPSA) is 75.4 Å². The number of carboxylic acid groups (broad SMARTS) is 1. The molecule has 6 nitrogen and oxygen atoms in total. The van der Waals surface area contributed by atoms with Gasteiger partial charge in [0, 0.05) is 25.2 Å². The van der Waals surface area contributed by atoms with Crippen LogP contribution in [0.1, 0.15) is 47.1 Å². The summed E-state index contributed by atoms with van der Waals surface area (Å²) in [4.78, 5) is 25.5. The van der Waals surface area contributed by atoms with Crippen LogP contribution in [0.3, 0.4) is 0 Å². The molecule has 8 heteroatoms. The van der Waals surface area contributed by atoms with Crippen LogP contribution in [0, 0.1) is 17.6 Å². The van der Waals surface area contributed by atoms with Gasteiger partial charge in [-0.05, 0) is 42.9 Å². The van der Waals surface area contributed by atoms with E-state index in [-0.39, 0.29) is 29.3 Å². The summed E-state index contributed by atoms with van der Waals surface area (Å²) in [7, 11) is 0. The van der Waals surface area contributed by atoms with Gasteiger partial charge in [-0.1, -0.05) is 6.07 Å². The lowest BCUT2D eigenvalue weighted by atomic mass is 10.0. The van der Waals surface area contributed by atoms with E-state index in [9.17, 15) is 18.4 Å². The van der Waals surface area contributed by atoms with Gasteiger partial charge in [0.25, 0.3) is 0 Å². The highest BCUT2D eigenvalue weighted by Crippen LogP contribution is 2.49. The molecule has 142 valence electrons. The first-order valence-electron chi connectivity index (χ1n) is 8.95. The predicted molar refractivity (Wildman–Crippen MR) is 91.2 cm³/mol. The number of rotatable bonds is 4. The second-order valence-electron chi connectivity index (χ2n) is 7.19. The van der Waals surface area contributed by atoms with E-state index in [1.54, 1.807) is 10.7 Å². The van der Waals surface area contributed by atoms with Gasteiger partial charge in [-0.3, -0.25) is 9.48 Å². The first-order valence-corrected chi connectivity index (χ1v) is 8.95. The summed E-state index contributed by atoms with van der Waals surface area (Å²) >= 11 is 0. The number of likely N-dealkylation sites (tertiary alicyclic amines) is 1. The predicted octanol–water partition coefficient (Wildman–Crippen LogP) is 2.83. The molecule has 27 heavy (non-hydrogen) atoms. The maximum absolute atomic E-state index is 13.4. The lowest BCUT2D eigenvalue weighted by Crippen LogP contribution is -2.40. The highest BCUT2D eigenvalue weighted by molar-refractivity contribution is 5.86. The first kappa shape index (κ1) is 17.6. The molecule has 1 saturated carbocycles. The molecule has 1 N–H and O–H groups in total. The molecule has 0 radical (unpaired) electrons. The average Bonchev–Trinajstić information content (AvgIpc) is 3.30. The molecule has 4 rings (SSSR count). The fourth-order valence-corrected chi connectivity index (χ4v) is 3.81. The Morgan fingerprint density at radius 2 is 1.89 bits per heavy atom. The molecule has 2 atom stereocenters. The maximum Gasteiger partial charge on any atom is 0.338 e. The van der Waals surface area contributed by atoms with Crippen LogP contribution >= 0.6 is 0 Å². The zero-order valence-electron chi connectivity index (χ0n) is 14.5. The molecular formula is C19H19F2N3O3. The number of aromatic nitrogens is 2. The second-order valence-corrected chi connectivity index (χ2v) is 7.19. The zero-order valence-corrected chi connectivity index (χ0v) is 14.5. The third-order valence-corrected chi connectivity index (χ3v) is 5.48. The van der Waals surface area contributed by atoms with Gasteiger partial charge in [0.15, 0.2) is 11.6 Å². The van der Waals surface area contributed by atoms with Gasteiger partial charge in [-0.15, -0.1) is 0 Å². The van der Waals surface area contributed by atoms with Crippen LogP contribution in [0.5, 0.6) is 0 Å². The van der Waals surface area contributed by atoms with Crippen molar-refractivity contribution >= 4 is 11.9 Å². The van der Waals surface area contributed by atoms with Gasteiger partial charge in [0.1, 0.15) is 0 Å². The molecule has 0 spiro atoms.